The highest BCUT2D eigenvalue weighted by molar-refractivity contribution is 6.13. The lowest BCUT2D eigenvalue weighted by molar-refractivity contribution is -0.155. The van der Waals surface area contributed by atoms with E-state index >= 15 is 0 Å². The number of hydrogen-bond acceptors (Lipinski definition) is 5. The highest BCUT2D eigenvalue weighted by atomic mass is 16.6. The van der Waals surface area contributed by atoms with Crippen molar-refractivity contribution in [2.75, 3.05) is 13.7 Å². The minimum atomic E-state index is -0.354. The van der Waals surface area contributed by atoms with Crippen LogP contribution >= 0.6 is 0 Å². The van der Waals surface area contributed by atoms with Gasteiger partial charge in [0.05, 0.1) is 5.71 Å². The number of hydrogen-bond donors (Lipinski definition) is 1. The first-order chi connectivity index (χ1) is 13.9. The lowest BCUT2D eigenvalue weighted by Gasteiger charge is -2.59. The van der Waals surface area contributed by atoms with Gasteiger partial charge in [0.25, 0.3) is 0 Å². The molecule has 0 aromatic rings. The van der Waals surface area contributed by atoms with Gasteiger partial charge in [0.1, 0.15) is 18.7 Å². The van der Waals surface area contributed by atoms with Crippen molar-refractivity contribution in [3.8, 4) is 0 Å². The fraction of sp³-hybridized carbons (Fsp3) is 0.875. The third-order valence-electron chi connectivity index (χ3n) is 9.88. The number of Topliss-reactive ketones (excluding diaryl/α,β-unsaturated/α-hetero) is 2. The molecule has 1 saturated heterocycles. The van der Waals surface area contributed by atoms with Gasteiger partial charge in [-0.25, -0.2) is 0 Å². The summed E-state index contributed by atoms with van der Waals surface area (Å²) in [6.07, 6.45) is 9.05. The van der Waals surface area contributed by atoms with E-state index in [0.29, 0.717) is 42.3 Å². The zero-order valence-corrected chi connectivity index (χ0v) is 18.2. The molecule has 8 atom stereocenters. The third kappa shape index (κ3) is 2.79. The second-order valence-corrected chi connectivity index (χ2v) is 11.0. The van der Waals surface area contributed by atoms with Crippen LogP contribution in [0.5, 0.6) is 0 Å². The molecule has 1 unspecified atom stereocenters. The van der Waals surface area contributed by atoms with Gasteiger partial charge in [0, 0.05) is 36.1 Å². The summed E-state index contributed by atoms with van der Waals surface area (Å²) in [6.45, 7) is 5.66. The Morgan fingerprint density at radius 2 is 1.97 bits per heavy atom. The summed E-state index contributed by atoms with van der Waals surface area (Å²) >= 11 is 0. The maximum Gasteiger partial charge on any atom is 0.145 e. The van der Waals surface area contributed by atoms with E-state index in [2.05, 4.69) is 24.3 Å². The molecule has 1 N–H and O–H groups in total. The number of carbonyl (C=O) groups excluding carboxylic acids is 2. The van der Waals surface area contributed by atoms with Gasteiger partial charge in [0.2, 0.25) is 0 Å². The molecule has 29 heavy (non-hydrogen) atoms. The summed E-state index contributed by atoms with van der Waals surface area (Å²) in [5, 5.41) is 7.97. The van der Waals surface area contributed by atoms with E-state index in [1.807, 2.05) is 0 Å². The summed E-state index contributed by atoms with van der Waals surface area (Å²) in [4.78, 5) is 31.5. The van der Waals surface area contributed by atoms with Crippen molar-refractivity contribution >= 4 is 17.3 Å². The highest BCUT2D eigenvalue weighted by Gasteiger charge is 2.64. The first kappa shape index (κ1) is 19.7. The maximum absolute atomic E-state index is 13.5. The lowest BCUT2D eigenvalue weighted by atomic mass is 9.44. The van der Waals surface area contributed by atoms with E-state index in [-0.39, 0.29) is 28.6 Å². The average molecular weight is 401 g/mol. The van der Waals surface area contributed by atoms with E-state index < -0.39 is 0 Å². The van der Waals surface area contributed by atoms with Gasteiger partial charge < -0.3 is 10.2 Å². The fourth-order valence-electron chi connectivity index (χ4n) is 8.38. The highest BCUT2D eigenvalue weighted by Crippen LogP contribution is 2.64. The topological polar surface area (TPSA) is 67.8 Å². The molecule has 0 spiro atoms. The van der Waals surface area contributed by atoms with Crippen LogP contribution in [0.1, 0.15) is 71.6 Å². The number of rotatable bonds is 2. The molecule has 160 valence electrons. The zero-order chi connectivity index (χ0) is 20.4. The van der Waals surface area contributed by atoms with Crippen LogP contribution in [0.3, 0.4) is 0 Å². The standard InChI is InChI=1S/C24H36N2O3/c1-23-8-6-14(18-5-4-10-25-18)11-17(23)20(27)12-15-16(23)7-9-24(2)21(28)13-19(22(15)24)26-29-3/h14-18,22,25H,4-13H2,1-3H3/t14?,15-,16+,17-,18-,22-,23-,24-/m1/s1. The monoisotopic (exact) mass is 400 g/mol. The van der Waals surface area contributed by atoms with Crippen LogP contribution < -0.4 is 5.32 Å². The molecule has 5 fully saturated rings. The third-order valence-corrected chi connectivity index (χ3v) is 9.88. The quantitative estimate of drug-likeness (QED) is 0.717. The van der Waals surface area contributed by atoms with Crippen molar-refractivity contribution in [2.24, 2.45) is 45.6 Å². The van der Waals surface area contributed by atoms with Crippen LogP contribution in [0.2, 0.25) is 0 Å². The molecule has 4 aliphatic carbocycles. The molecule has 1 heterocycles. The van der Waals surface area contributed by atoms with Crippen molar-refractivity contribution < 1.29 is 14.4 Å². The van der Waals surface area contributed by atoms with Crippen LogP contribution in [-0.4, -0.2) is 37.0 Å². The zero-order valence-electron chi connectivity index (χ0n) is 18.2. The molecule has 1 aliphatic heterocycles. The predicted molar refractivity (Wildman–Crippen MR) is 111 cm³/mol. The number of nitrogens with one attached hydrogen (secondary N) is 1. The van der Waals surface area contributed by atoms with Crippen LogP contribution in [0.15, 0.2) is 5.16 Å². The van der Waals surface area contributed by atoms with Crippen LogP contribution in [0.25, 0.3) is 0 Å². The number of carbonyl (C=O) groups is 2. The van der Waals surface area contributed by atoms with Crippen LogP contribution in [-0.2, 0) is 14.4 Å². The van der Waals surface area contributed by atoms with Gasteiger partial charge in [-0.2, -0.15) is 0 Å². The van der Waals surface area contributed by atoms with Crippen molar-refractivity contribution in [1.29, 1.82) is 0 Å². The van der Waals surface area contributed by atoms with Crippen molar-refractivity contribution in [1.82, 2.24) is 5.32 Å². The Morgan fingerprint density at radius 1 is 1.14 bits per heavy atom. The van der Waals surface area contributed by atoms with Crippen LogP contribution in [0, 0.1) is 40.4 Å². The molecule has 0 radical (unpaired) electrons. The molecule has 4 saturated carbocycles. The fourth-order valence-corrected chi connectivity index (χ4v) is 8.38. The summed E-state index contributed by atoms with van der Waals surface area (Å²) in [7, 11) is 1.56. The van der Waals surface area contributed by atoms with Gasteiger partial charge in [-0.1, -0.05) is 19.0 Å². The van der Waals surface area contributed by atoms with Gasteiger partial charge in [-0.05, 0) is 74.7 Å². The minimum absolute atomic E-state index is 0.0836. The molecule has 5 heteroatoms. The first-order valence-corrected chi connectivity index (χ1v) is 11.8. The first-order valence-electron chi connectivity index (χ1n) is 11.8. The van der Waals surface area contributed by atoms with Crippen LogP contribution in [0.4, 0.5) is 0 Å². The number of ketones is 2. The van der Waals surface area contributed by atoms with E-state index in [9.17, 15) is 9.59 Å². The molecule has 5 aliphatic rings. The van der Waals surface area contributed by atoms with Gasteiger partial charge in [-0.3, -0.25) is 9.59 Å². The minimum Gasteiger partial charge on any atom is -0.399 e. The molecule has 0 bridgehead atoms. The second kappa shape index (κ2) is 6.90. The Morgan fingerprint density at radius 3 is 2.69 bits per heavy atom. The lowest BCUT2D eigenvalue weighted by Crippen LogP contribution is -2.58. The summed E-state index contributed by atoms with van der Waals surface area (Å²) in [6, 6.07) is 0.618. The summed E-state index contributed by atoms with van der Waals surface area (Å²) in [5.74, 6) is 2.48. The summed E-state index contributed by atoms with van der Waals surface area (Å²) < 4.78 is 0. The Hall–Kier alpha value is -1.23. The molecule has 5 nitrogen and oxygen atoms in total. The average Bonchev–Trinajstić information content (AvgIpc) is 3.29. The second-order valence-electron chi connectivity index (χ2n) is 11.0. The van der Waals surface area contributed by atoms with Crippen molar-refractivity contribution in [2.45, 2.75) is 77.7 Å². The molecule has 0 aromatic carbocycles. The Labute approximate surface area is 174 Å². The predicted octanol–water partition coefficient (Wildman–Crippen LogP) is 3.76. The molecular weight excluding hydrogens is 364 g/mol. The number of oxime groups is 1. The van der Waals surface area contributed by atoms with E-state index in [1.165, 1.54) is 19.3 Å². The smallest absolute Gasteiger partial charge is 0.145 e. The van der Waals surface area contributed by atoms with Gasteiger partial charge in [0.15, 0.2) is 0 Å². The maximum atomic E-state index is 13.5. The Kier molecular flexibility index (Phi) is 4.69. The summed E-state index contributed by atoms with van der Waals surface area (Å²) in [5.41, 5.74) is 0.626. The number of fused-ring (bicyclic) bond motifs is 5. The molecular formula is C24H36N2O3. The van der Waals surface area contributed by atoms with Gasteiger partial charge in [-0.15, -0.1) is 0 Å². The van der Waals surface area contributed by atoms with Crippen molar-refractivity contribution in [3.05, 3.63) is 0 Å². The number of nitrogens with zero attached hydrogens (tertiary/aromatic N) is 1. The molecule has 0 aromatic heterocycles. The van der Waals surface area contributed by atoms with Gasteiger partial charge >= 0.3 is 0 Å². The largest absolute Gasteiger partial charge is 0.399 e. The van der Waals surface area contributed by atoms with Crippen molar-refractivity contribution in [3.63, 3.8) is 0 Å². The molecule has 0 amide bonds. The SMILES string of the molecule is CON=C1CC(=O)[C@@]2(C)CC[C@H]3[C@@H](CC(=O)[C@H]4CC([C@H]5CCCN5)CC[C@@]43C)[C@H]12. The van der Waals surface area contributed by atoms with E-state index in [1.54, 1.807) is 7.11 Å². The van der Waals surface area contributed by atoms with E-state index in [4.69, 9.17) is 4.84 Å². The van der Waals surface area contributed by atoms with E-state index in [0.717, 1.165) is 37.9 Å². The molecule has 5 rings (SSSR count). The normalized spacial score (nSPS) is 50.9. The Bertz CT molecular complexity index is 742. The Balaban J connectivity index is 1.45.